The summed E-state index contributed by atoms with van der Waals surface area (Å²) in [7, 11) is 1.76. The number of hydrogen-bond acceptors (Lipinski definition) is 3. The van der Waals surface area contributed by atoms with Gasteiger partial charge in [-0.25, -0.2) is 0 Å². The van der Waals surface area contributed by atoms with Crippen LogP contribution < -0.4 is 5.43 Å². The SMILES string of the molecule is CN/N=C(/C)c1ccc(C)o1. The zero-order valence-electron chi connectivity index (χ0n) is 7.01. The van der Waals surface area contributed by atoms with Crippen LogP contribution in [0.1, 0.15) is 18.4 Å². The van der Waals surface area contributed by atoms with Gasteiger partial charge < -0.3 is 9.84 Å². The van der Waals surface area contributed by atoms with E-state index in [-0.39, 0.29) is 0 Å². The minimum Gasteiger partial charge on any atom is -0.460 e. The third-order valence-corrected chi connectivity index (χ3v) is 1.38. The van der Waals surface area contributed by atoms with Gasteiger partial charge in [0.25, 0.3) is 0 Å². The highest BCUT2D eigenvalue weighted by molar-refractivity contribution is 5.95. The van der Waals surface area contributed by atoms with Gasteiger partial charge >= 0.3 is 0 Å². The summed E-state index contributed by atoms with van der Waals surface area (Å²) < 4.78 is 5.33. The van der Waals surface area contributed by atoms with Gasteiger partial charge in [-0.15, -0.1) is 0 Å². The lowest BCUT2D eigenvalue weighted by Gasteiger charge is -1.93. The second-order valence-electron chi connectivity index (χ2n) is 2.33. The van der Waals surface area contributed by atoms with Gasteiger partial charge in [0.15, 0.2) is 0 Å². The molecule has 0 aromatic carbocycles. The Kier molecular flexibility index (Phi) is 2.31. The van der Waals surface area contributed by atoms with Crippen molar-refractivity contribution in [3.8, 4) is 0 Å². The molecule has 0 spiro atoms. The average Bonchev–Trinajstić information content (AvgIpc) is 2.36. The zero-order chi connectivity index (χ0) is 8.27. The maximum Gasteiger partial charge on any atom is 0.149 e. The molecule has 0 bridgehead atoms. The van der Waals surface area contributed by atoms with Crippen LogP contribution in [0.5, 0.6) is 0 Å². The Balaban J connectivity index is 2.84. The van der Waals surface area contributed by atoms with E-state index in [1.165, 1.54) is 0 Å². The molecule has 0 fully saturated rings. The summed E-state index contributed by atoms with van der Waals surface area (Å²) in [5.74, 6) is 1.72. The molecule has 0 saturated heterocycles. The first-order chi connectivity index (χ1) is 5.24. The molecular weight excluding hydrogens is 140 g/mol. The molecule has 1 aromatic heterocycles. The number of hydrazone groups is 1. The normalized spacial score (nSPS) is 11.7. The van der Waals surface area contributed by atoms with Crippen molar-refractivity contribution < 1.29 is 4.42 Å². The van der Waals surface area contributed by atoms with Gasteiger partial charge in [0.2, 0.25) is 0 Å². The lowest BCUT2D eigenvalue weighted by Crippen LogP contribution is -2.01. The summed E-state index contributed by atoms with van der Waals surface area (Å²) in [6, 6.07) is 3.83. The summed E-state index contributed by atoms with van der Waals surface area (Å²) in [4.78, 5) is 0. The van der Waals surface area contributed by atoms with Gasteiger partial charge in [0.1, 0.15) is 11.5 Å². The van der Waals surface area contributed by atoms with Crippen LogP contribution in [0.4, 0.5) is 0 Å². The van der Waals surface area contributed by atoms with E-state index in [1.807, 2.05) is 26.0 Å². The number of hydrogen-bond donors (Lipinski definition) is 1. The van der Waals surface area contributed by atoms with Crippen molar-refractivity contribution in [1.29, 1.82) is 0 Å². The maximum absolute atomic E-state index is 5.33. The van der Waals surface area contributed by atoms with E-state index in [0.29, 0.717) is 0 Å². The van der Waals surface area contributed by atoms with Crippen molar-refractivity contribution in [1.82, 2.24) is 5.43 Å². The van der Waals surface area contributed by atoms with Crippen molar-refractivity contribution in [2.45, 2.75) is 13.8 Å². The van der Waals surface area contributed by atoms with E-state index in [0.717, 1.165) is 17.2 Å². The van der Waals surface area contributed by atoms with Crippen LogP contribution in [0.3, 0.4) is 0 Å². The summed E-state index contributed by atoms with van der Waals surface area (Å²) in [6.45, 7) is 3.81. The Bertz CT molecular complexity index is 263. The molecule has 60 valence electrons. The first-order valence-corrected chi connectivity index (χ1v) is 3.52. The highest BCUT2D eigenvalue weighted by Gasteiger charge is 2.00. The zero-order valence-corrected chi connectivity index (χ0v) is 7.01. The largest absolute Gasteiger partial charge is 0.460 e. The quantitative estimate of drug-likeness (QED) is 0.515. The van der Waals surface area contributed by atoms with Crippen LogP contribution in [-0.4, -0.2) is 12.8 Å². The van der Waals surface area contributed by atoms with Gasteiger partial charge in [-0.3, -0.25) is 0 Å². The number of nitrogens with one attached hydrogen (secondary N) is 1. The van der Waals surface area contributed by atoms with Gasteiger partial charge in [-0.2, -0.15) is 5.10 Å². The second kappa shape index (κ2) is 3.23. The molecule has 0 saturated carbocycles. The number of rotatable bonds is 2. The van der Waals surface area contributed by atoms with E-state index in [2.05, 4.69) is 10.5 Å². The molecule has 0 aliphatic heterocycles. The average molecular weight is 152 g/mol. The van der Waals surface area contributed by atoms with Gasteiger partial charge in [-0.1, -0.05) is 0 Å². The minimum atomic E-state index is 0.817. The predicted molar refractivity (Wildman–Crippen MR) is 44.7 cm³/mol. The Labute approximate surface area is 66.1 Å². The molecule has 0 atom stereocenters. The molecule has 0 amide bonds. The van der Waals surface area contributed by atoms with Gasteiger partial charge in [0, 0.05) is 7.05 Å². The summed E-state index contributed by atoms with van der Waals surface area (Å²) >= 11 is 0. The fourth-order valence-corrected chi connectivity index (χ4v) is 0.852. The highest BCUT2D eigenvalue weighted by atomic mass is 16.3. The lowest BCUT2D eigenvalue weighted by atomic mass is 10.3. The standard InChI is InChI=1S/C8H12N2O/c1-6-4-5-8(11-6)7(2)10-9-3/h4-5,9H,1-3H3/b10-7-. The Morgan fingerprint density at radius 2 is 2.27 bits per heavy atom. The van der Waals surface area contributed by atoms with E-state index in [9.17, 15) is 0 Å². The topological polar surface area (TPSA) is 37.5 Å². The minimum absolute atomic E-state index is 0.817. The van der Waals surface area contributed by atoms with Crippen molar-refractivity contribution in [3.05, 3.63) is 23.7 Å². The Morgan fingerprint density at radius 3 is 2.73 bits per heavy atom. The summed E-state index contributed by atoms with van der Waals surface area (Å²) in [6.07, 6.45) is 0. The molecule has 1 N–H and O–H groups in total. The first-order valence-electron chi connectivity index (χ1n) is 3.52. The molecule has 1 rings (SSSR count). The third-order valence-electron chi connectivity index (χ3n) is 1.38. The monoisotopic (exact) mass is 152 g/mol. The predicted octanol–water partition coefficient (Wildman–Crippen LogP) is 1.53. The van der Waals surface area contributed by atoms with Crippen LogP contribution in [0.15, 0.2) is 21.7 Å². The van der Waals surface area contributed by atoms with E-state index >= 15 is 0 Å². The highest BCUT2D eigenvalue weighted by Crippen LogP contribution is 2.06. The summed E-state index contributed by atoms with van der Waals surface area (Å²) in [5.41, 5.74) is 3.56. The van der Waals surface area contributed by atoms with E-state index in [1.54, 1.807) is 7.05 Å². The van der Waals surface area contributed by atoms with Gasteiger partial charge in [0.05, 0.1) is 5.71 Å². The van der Waals surface area contributed by atoms with Crippen molar-refractivity contribution in [3.63, 3.8) is 0 Å². The third kappa shape index (κ3) is 1.83. The molecule has 0 radical (unpaired) electrons. The number of furan rings is 1. The number of aryl methyl sites for hydroxylation is 1. The first kappa shape index (κ1) is 7.85. The van der Waals surface area contributed by atoms with Crippen molar-refractivity contribution in [2.75, 3.05) is 7.05 Å². The molecule has 11 heavy (non-hydrogen) atoms. The van der Waals surface area contributed by atoms with Crippen molar-refractivity contribution in [2.24, 2.45) is 5.10 Å². The summed E-state index contributed by atoms with van der Waals surface area (Å²) in [5, 5.41) is 3.98. The molecule has 0 unspecified atom stereocenters. The molecule has 1 heterocycles. The fraction of sp³-hybridized carbons (Fsp3) is 0.375. The number of nitrogens with zero attached hydrogens (tertiary/aromatic N) is 1. The van der Waals surface area contributed by atoms with Crippen LogP contribution in [0.2, 0.25) is 0 Å². The second-order valence-corrected chi connectivity index (χ2v) is 2.33. The molecular formula is C8H12N2O. The maximum atomic E-state index is 5.33. The van der Waals surface area contributed by atoms with E-state index in [4.69, 9.17) is 4.42 Å². The van der Waals surface area contributed by atoms with Crippen LogP contribution >= 0.6 is 0 Å². The van der Waals surface area contributed by atoms with Gasteiger partial charge in [-0.05, 0) is 26.0 Å². The van der Waals surface area contributed by atoms with Crippen LogP contribution in [-0.2, 0) is 0 Å². The van der Waals surface area contributed by atoms with Crippen LogP contribution in [0, 0.1) is 6.92 Å². The van der Waals surface area contributed by atoms with Crippen LogP contribution in [0.25, 0.3) is 0 Å². The Hall–Kier alpha value is -1.25. The molecule has 0 aliphatic carbocycles. The molecule has 1 aromatic rings. The fourth-order valence-electron chi connectivity index (χ4n) is 0.852. The molecule has 3 nitrogen and oxygen atoms in total. The molecule has 0 aliphatic rings. The lowest BCUT2D eigenvalue weighted by molar-refractivity contribution is 0.524. The van der Waals surface area contributed by atoms with E-state index < -0.39 is 0 Å². The Morgan fingerprint density at radius 1 is 1.55 bits per heavy atom. The smallest absolute Gasteiger partial charge is 0.149 e. The van der Waals surface area contributed by atoms with Crippen molar-refractivity contribution >= 4 is 5.71 Å². The molecule has 3 heteroatoms.